The molecule has 2 aliphatic rings. The Morgan fingerprint density at radius 2 is 2.18 bits per heavy atom. The second kappa shape index (κ2) is 5.89. The highest BCUT2D eigenvalue weighted by Gasteiger charge is 2.56. The number of carbonyl (C=O) groups excluding carboxylic acids is 1. The predicted octanol–water partition coefficient (Wildman–Crippen LogP) is 1.66. The Balaban J connectivity index is 1.65. The van der Waals surface area contributed by atoms with E-state index in [4.69, 9.17) is 10.5 Å². The van der Waals surface area contributed by atoms with Gasteiger partial charge in [0.1, 0.15) is 0 Å². The average Bonchev–Trinajstić information content (AvgIpc) is 2.54. The van der Waals surface area contributed by atoms with Crippen molar-refractivity contribution in [3.63, 3.8) is 0 Å². The summed E-state index contributed by atoms with van der Waals surface area (Å²) in [7, 11) is 0. The number of likely N-dealkylation sites (tertiary alicyclic amines) is 1. The van der Waals surface area contributed by atoms with Crippen LogP contribution >= 0.6 is 0 Å². The monoisotopic (exact) mass is 304 g/mol. The molecule has 3 rings (SSSR count). The third-order valence-electron chi connectivity index (χ3n) is 5.23. The maximum Gasteiger partial charge on any atom is 0.253 e. The maximum absolute atomic E-state index is 12.5. The van der Waals surface area contributed by atoms with Gasteiger partial charge in [0.2, 0.25) is 0 Å². The lowest BCUT2D eigenvalue weighted by Crippen LogP contribution is -2.62. The number of rotatable bonds is 3. The number of piperidine rings is 1. The van der Waals surface area contributed by atoms with Crippen LogP contribution in [-0.2, 0) is 4.74 Å². The molecule has 1 saturated heterocycles. The van der Waals surface area contributed by atoms with Gasteiger partial charge < -0.3 is 20.5 Å². The molecule has 120 valence electrons. The van der Waals surface area contributed by atoms with Crippen molar-refractivity contribution < 1.29 is 14.6 Å². The highest BCUT2D eigenvalue weighted by Crippen LogP contribution is 2.51. The zero-order valence-electron chi connectivity index (χ0n) is 13.0. The fourth-order valence-electron chi connectivity index (χ4n) is 3.80. The fraction of sp³-hybridized carbons (Fsp3) is 0.588. The van der Waals surface area contributed by atoms with Crippen molar-refractivity contribution in [3.8, 4) is 0 Å². The molecule has 0 bridgehead atoms. The van der Waals surface area contributed by atoms with Crippen LogP contribution < -0.4 is 5.73 Å². The van der Waals surface area contributed by atoms with Crippen LogP contribution in [0.15, 0.2) is 24.3 Å². The summed E-state index contributed by atoms with van der Waals surface area (Å²) in [6.07, 6.45) is 2.15. The van der Waals surface area contributed by atoms with Gasteiger partial charge in [-0.2, -0.15) is 0 Å². The van der Waals surface area contributed by atoms with Crippen LogP contribution in [0, 0.1) is 5.41 Å². The third kappa shape index (κ3) is 2.48. The normalized spacial score (nSPS) is 26.7. The van der Waals surface area contributed by atoms with E-state index in [-0.39, 0.29) is 23.5 Å². The first-order chi connectivity index (χ1) is 10.6. The minimum absolute atomic E-state index is 0.0175. The van der Waals surface area contributed by atoms with E-state index in [0.717, 1.165) is 19.3 Å². The number of nitrogen functional groups attached to an aromatic ring is 1. The molecule has 5 heteroatoms. The molecule has 2 fully saturated rings. The summed E-state index contributed by atoms with van der Waals surface area (Å²) in [6.45, 7) is 3.98. The summed E-state index contributed by atoms with van der Waals surface area (Å²) in [4.78, 5) is 14.4. The molecule has 0 aromatic heterocycles. The van der Waals surface area contributed by atoms with Gasteiger partial charge >= 0.3 is 0 Å². The summed E-state index contributed by atoms with van der Waals surface area (Å²) in [5, 5.41) is 10.2. The Bertz CT molecular complexity index is 551. The quantitative estimate of drug-likeness (QED) is 0.833. The number of nitrogens with two attached hydrogens (primary N) is 1. The minimum atomic E-state index is -0.298. The molecule has 2 atom stereocenters. The Kier molecular flexibility index (Phi) is 4.10. The first kappa shape index (κ1) is 15.3. The molecular weight excluding hydrogens is 280 g/mol. The smallest absolute Gasteiger partial charge is 0.253 e. The topological polar surface area (TPSA) is 75.8 Å². The highest BCUT2D eigenvalue weighted by atomic mass is 16.5. The SMILES string of the molecule is CCOC1CC(O)C12CCN(C(=O)c1cccc(N)c1)CC2. The summed E-state index contributed by atoms with van der Waals surface area (Å²) < 4.78 is 5.76. The van der Waals surface area contributed by atoms with Crippen LogP contribution in [0.25, 0.3) is 0 Å². The second-order valence-corrected chi connectivity index (χ2v) is 6.35. The molecule has 22 heavy (non-hydrogen) atoms. The molecule has 1 spiro atoms. The number of amides is 1. The fourth-order valence-corrected chi connectivity index (χ4v) is 3.80. The number of anilines is 1. The Hall–Kier alpha value is -1.59. The number of aliphatic hydroxyl groups is 1. The summed E-state index contributed by atoms with van der Waals surface area (Å²) in [5.74, 6) is 0.0175. The molecule has 1 amide bonds. The first-order valence-corrected chi connectivity index (χ1v) is 8.01. The van der Waals surface area contributed by atoms with Crippen molar-refractivity contribution in [2.24, 2.45) is 5.41 Å². The maximum atomic E-state index is 12.5. The molecule has 5 nitrogen and oxygen atoms in total. The van der Waals surface area contributed by atoms with Gasteiger partial charge in [0.25, 0.3) is 5.91 Å². The molecule has 1 saturated carbocycles. The van der Waals surface area contributed by atoms with Gasteiger partial charge in [-0.3, -0.25) is 4.79 Å². The predicted molar refractivity (Wildman–Crippen MR) is 84.5 cm³/mol. The zero-order valence-corrected chi connectivity index (χ0v) is 13.0. The average molecular weight is 304 g/mol. The van der Waals surface area contributed by atoms with Gasteiger partial charge in [0.05, 0.1) is 12.2 Å². The summed E-state index contributed by atoms with van der Waals surface area (Å²) in [6, 6.07) is 7.09. The molecule has 1 aromatic carbocycles. The number of hydrogen-bond donors (Lipinski definition) is 2. The Morgan fingerprint density at radius 1 is 1.45 bits per heavy atom. The van der Waals surface area contributed by atoms with Crippen molar-refractivity contribution in [2.75, 3.05) is 25.4 Å². The molecule has 1 heterocycles. The van der Waals surface area contributed by atoms with E-state index in [2.05, 4.69) is 0 Å². The molecular formula is C17H24N2O3. The van der Waals surface area contributed by atoms with E-state index in [0.29, 0.717) is 30.9 Å². The van der Waals surface area contributed by atoms with Crippen LogP contribution in [0.3, 0.4) is 0 Å². The van der Waals surface area contributed by atoms with Crippen molar-refractivity contribution >= 4 is 11.6 Å². The van der Waals surface area contributed by atoms with Gasteiger partial charge in [-0.1, -0.05) is 6.07 Å². The second-order valence-electron chi connectivity index (χ2n) is 6.35. The van der Waals surface area contributed by atoms with Crippen molar-refractivity contribution in [1.82, 2.24) is 4.90 Å². The minimum Gasteiger partial charge on any atom is -0.399 e. The molecule has 3 N–H and O–H groups in total. The molecule has 1 aromatic rings. The van der Waals surface area contributed by atoms with Crippen molar-refractivity contribution in [2.45, 2.75) is 38.4 Å². The van der Waals surface area contributed by atoms with Crippen LogP contribution in [0.2, 0.25) is 0 Å². The number of ether oxygens (including phenoxy) is 1. The molecule has 0 radical (unpaired) electrons. The molecule has 2 unspecified atom stereocenters. The molecule has 1 aliphatic heterocycles. The van der Waals surface area contributed by atoms with Crippen LogP contribution in [0.4, 0.5) is 5.69 Å². The number of nitrogens with zero attached hydrogens (tertiary/aromatic N) is 1. The number of benzene rings is 1. The summed E-state index contributed by atoms with van der Waals surface area (Å²) in [5.41, 5.74) is 6.83. The standard InChI is InChI=1S/C17H24N2O3/c1-2-22-15-11-14(20)17(15)6-8-19(9-7-17)16(21)12-4-3-5-13(18)10-12/h3-5,10,14-15,20H,2,6-9,11,18H2,1H3. The third-order valence-corrected chi connectivity index (χ3v) is 5.23. The largest absolute Gasteiger partial charge is 0.399 e. The highest BCUT2D eigenvalue weighted by molar-refractivity contribution is 5.95. The number of hydrogen-bond acceptors (Lipinski definition) is 4. The Labute approximate surface area is 131 Å². The van der Waals surface area contributed by atoms with E-state index >= 15 is 0 Å². The van der Waals surface area contributed by atoms with Crippen LogP contribution in [0.5, 0.6) is 0 Å². The lowest BCUT2D eigenvalue weighted by molar-refractivity contribution is -0.207. The van der Waals surface area contributed by atoms with Gasteiger partial charge in [-0.25, -0.2) is 0 Å². The van der Waals surface area contributed by atoms with Crippen LogP contribution in [-0.4, -0.2) is 47.8 Å². The van der Waals surface area contributed by atoms with Gasteiger partial charge in [0.15, 0.2) is 0 Å². The lowest BCUT2D eigenvalue weighted by atomic mass is 9.58. The van der Waals surface area contributed by atoms with Crippen molar-refractivity contribution in [3.05, 3.63) is 29.8 Å². The number of carbonyl (C=O) groups is 1. The first-order valence-electron chi connectivity index (χ1n) is 8.01. The van der Waals surface area contributed by atoms with Crippen LogP contribution in [0.1, 0.15) is 36.5 Å². The van der Waals surface area contributed by atoms with E-state index < -0.39 is 0 Å². The van der Waals surface area contributed by atoms with E-state index in [9.17, 15) is 9.90 Å². The van der Waals surface area contributed by atoms with Crippen molar-refractivity contribution in [1.29, 1.82) is 0 Å². The Morgan fingerprint density at radius 3 is 2.77 bits per heavy atom. The zero-order chi connectivity index (χ0) is 15.7. The van der Waals surface area contributed by atoms with E-state index in [1.54, 1.807) is 24.3 Å². The van der Waals surface area contributed by atoms with Gasteiger partial charge in [0, 0.05) is 42.8 Å². The summed E-state index contributed by atoms with van der Waals surface area (Å²) >= 11 is 0. The lowest BCUT2D eigenvalue weighted by Gasteiger charge is -2.56. The molecule has 1 aliphatic carbocycles. The van der Waals surface area contributed by atoms with Gasteiger partial charge in [-0.15, -0.1) is 0 Å². The van der Waals surface area contributed by atoms with E-state index in [1.807, 2.05) is 11.8 Å². The number of aliphatic hydroxyl groups excluding tert-OH is 1. The van der Waals surface area contributed by atoms with E-state index in [1.165, 1.54) is 0 Å². The van der Waals surface area contributed by atoms with Gasteiger partial charge in [-0.05, 0) is 38.0 Å².